The summed E-state index contributed by atoms with van der Waals surface area (Å²) in [4.78, 5) is 12.5. The van der Waals surface area contributed by atoms with Gasteiger partial charge in [0, 0.05) is 23.8 Å². The summed E-state index contributed by atoms with van der Waals surface area (Å²) in [5.74, 6) is -0.0827. The van der Waals surface area contributed by atoms with Crippen LogP contribution in [0.2, 0.25) is 0 Å². The Balaban J connectivity index is 1.79. The highest BCUT2D eigenvalue weighted by Crippen LogP contribution is 2.33. The first-order valence-electron chi connectivity index (χ1n) is 8.07. The summed E-state index contributed by atoms with van der Waals surface area (Å²) in [6, 6.07) is 18.0. The normalized spacial score (nSPS) is 16.9. The van der Waals surface area contributed by atoms with Gasteiger partial charge in [0.1, 0.15) is 0 Å². The Labute approximate surface area is 150 Å². The predicted octanol–water partition coefficient (Wildman–Crippen LogP) is 4.28. The van der Waals surface area contributed by atoms with Crippen molar-refractivity contribution in [3.05, 3.63) is 76.3 Å². The van der Waals surface area contributed by atoms with Crippen molar-refractivity contribution in [2.24, 2.45) is 0 Å². The second-order valence-electron chi connectivity index (χ2n) is 5.94. The first-order valence-corrected chi connectivity index (χ1v) is 8.86. The molecule has 1 aliphatic rings. The maximum Gasteiger partial charge on any atom is 0.244 e. The first kappa shape index (κ1) is 16.9. The molecule has 1 N–H and O–H groups in total. The molecule has 1 aliphatic heterocycles. The van der Waals surface area contributed by atoms with Crippen LogP contribution in [0, 0.1) is 0 Å². The molecule has 0 aromatic heterocycles. The van der Waals surface area contributed by atoms with Crippen molar-refractivity contribution in [1.29, 1.82) is 0 Å². The van der Waals surface area contributed by atoms with E-state index < -0.39 is 0 Å². The fourth-order valence-electron chi connectivity index (χ4n) is 3.01. The third-order valence-electron chi connectivity index (χ3n) is 4.31. The van der Waals surface area contributed by atoms with Crippen LogP contribution < -0.4 is 5.32 Å². The van der Waals surface area contributed by atoms with E-state index in [4.69, 9.17) is 4.74 Å². The Kier molecular flexibility index (Phi) is 5.48. The Bertz CT molecular complexity index is 721. The molecule has 1 heterocycles. The molecular formula is C20H20BrNO2. The average Bonchev–Trinajstić information content (AvgIpc) is 2.62. The molecule has 4 heteroatoms. The number of ether oxygens (including phenoxy) is 1. The van der Waals surface area contributed by atoms with E-state index in [0.29, 0.717) is 13.2 Å². The Morgan fingerprint density at radius 2 is 1.83 bits per heavy atom. The SMILES string of the molecule is O=C(C=Cc1ccccc1)NC1(c2cccc(Br)c2)CCOCC1. The van der Waals surface area contributed by atoms with Gasteiger partial charge in [0.15, 0.2) is 0 Å². The van der Waals surface area contributed by atoms with Gasteiger partial charge >= 0.3 is 0 Å². The number of halogens is 1. The highest BCUT2D eigenvalue weighted by molar-refractivity contribution is 9.10. The van der Waals surface area contributed by atoms with Gasteiger partial charge in [-0.15, -0.1) is 0 Å². The molecule has 0 atom stereocenters. The van der Waals surface area contributed by atoms with E-state index in [0.717, 1.165) is 28.4 Å². The van der Waals surface area contributed by atoms with Crippen molar-refractivity contribution < 1.29 is 9.53 Å². The lowest BCUT2D eigenvalue weighted by Gasteiger charge is -2.38. The van der Waals surface area contributed by atoms with Gasteiger partial charge in [-0.1, -0.05) is 58.4 Å². The fourth-order valence-corrected chi connectivity index (χ4v) is 3.40. The molecule has 0 saturated carbocycles. The molecule has 124 valence electrons. The van der Waals surface area contributed by atoms with Gasteiger partial charge in [-0.2, -0.15) is 0 Å². The van der Waals surface area contributed by atoms with E-state index >= 15 is 0 Å². The molecular weight excluding hydrogens is 366 g/mol. The van der Waals surface area contributed by atoms with Gasteiger partial charge in [0.2, 0.25) is 5.91 Å². The summed E-state index contributed by atoms with van der Waals surface area (Å²) >= 11 is 3.52. The zero-order chi connectivity index (χ0) is 16.8. The Morgan fingerprint density at radius 1 is 1.08 bits per heavy atom. The van der Waals surface area contributed by atoms with Crippen molar-refractivity contribution in [3.63, 3.8) is 0 Å². The third-order valence-corrected chi connectivity index (χ3v) is 4.81. The van der Waals surface area contributed by atoms with E-state index in [9.17, 15) is 4.79 Å². The number of benzene rings is 2. The van der Waals surface area contributed by atoms with E-state index in [1.165, 1.54) is 0 Å². The molecule has 3 rings (SSSR count). The summed E-state index contributed by atoms with van der Waals surface area (Å²) in [7, 11) is 0. The molecule has 0 radical (unpaired) electrons. The van der Waals surface area contributed by atoms with E-state index in [-0.39, 0.29) is 11.4 Å². The van der Waals surface area contributed by atoms with Crippen molar-refractivity contribution >= 4 is 27.9 Å². The van der Waals surface area contributed by atoms with Crippen LogP contribution in [0.15, 0.2) is 65.1 Å². The summed E-state index contributed by atoms with van der Waals surface area (Å²) in [6.07, 6.45) is 4.98. The summed E-state index contributed by atoms with van der Waals surface area (Å²) in [5, 5.41) is 3.22. The molecule has 2 aromatic rings. The van der Waals surface area contributed by atoms with Crippen LogP contribution in [0.25, 0.3) is 6.08 Å². The maximum absolute atomic E-state index is 12.5. The standard InChI is InChI=1S/C20H20BrNO2/c21-18-8-4-7-17(15-18)20(11-13-24-14-12-20)22-19(23)10-9-16-5-2-1-3-6-16/h1-10,15H,11-14H2,(H,22,23). The predicted molar refractivity (Wildman–Crippen MR) is 99.5 cm³/mol. The highest BCUT2D eigenvalue weighted by Gasteiger charge is 2.35. The zero-order valence-corrected chi connectivity index (χ0v) is 15.0. The summed E-state index contributed by atoms with van der Waals surface area (Å²) in [6.45, 7) is 1.30. The number of nitrogens with one attached hydrogen (secondary N) is 1. The average molecular weight is 386 g/mol. The van der Waals surface area contributed by atoms with Gasteiger partial charge in [0.25, 0.3) is 0 Å². The number of hydrogen-bond acceptors (Lipinski definition) is 2. The van der Waals surface area contributed by atoms with E-state index in [1.807, 2.05) is 48.5 Å². The minimum atomic E-state index is -0.375. The molecule has 0 aliphatic carbocycles. The number of amides is 1. The van der Waals surface area contributed by atoms with Gasteiger partial charge in [0.05, 0.1) is 5.54 Å². The number of carbonyl (C=O) groups excluding carboxylic acids is 1. The minimum absolute atomic E-state index is 0.0827. The summed E-state index contributed by atoms with van der Waals surface area (Å²) in [5.41, 5.74) is 1.75. The molecule has 0 unspecified atom stereocenters. The number of hydrogen-bond donors (Lipinski definition) is 1. The lowest BCUT2D eigenvalue weighted by Crippen LogP contribution is -2.49. The van der Waals surface area contributed by atoms with Crippen molar-refractivity contribution in [2.75, 3.05) is 13.2 Å². The molecule has 3 nitrogen and oxygen atoms in total. The topological polar surface area (TPSA) is 38.3 Å². The van der Waals surface area contributed by atoms with Gasteiger partial charge in [-0.3, -0.25) is 4.79 Å². The van der Waals surface area contributed by atoms with Gasteiger partial charge in [-0.05, 0) is 42.2 Å². The van der Waals surface area contributed by atoms with E-state index in [2.05, 4.69) is 33.4 Å². The van der Waals surface area contributed by atoms with Crippen LogP contribution in [0.5, 0.6) is 0 Å². The third kappa shape index (κ3) is 4.13. The molecule has 1 fully saturated rings. The van der Waals surface area contributed by atoms with Gasteiger partial charge in [-0.25, -0.2) is 0 Å². The monoisotopic (exact) mass is 385 g/mol. The van der Waals surface area contributed by atoms with Crippen molar-refractivity contribution in [2.45, 2.75) is 18.4 Å². The second-order valence-corrected chi connectivity index (χ2v) is 6.85. The van der Waals surface area contributed by atoms with Crippen molar-refractivity contribution in [1.82, 2.24) is 5.32 Å². The van der Waals surface area contributed by atoms with Crippen LogP contribution in [0.1, 0.15) is 24.0 Å². The molecule has 24 heavy (non-hydrogen) atoms. The highest BCUT2D eigenvalue weighted by atomic mass is 79.9. The maximum atomic E-state index is 12.5. The lowest BCUT2D eigenvalue weighted by atomic mass is 9.82. The largest absolute Gasteiger partial charge is 0.381 e. The van der Waals surface area contributed by atoms with Crippen LogP contribution in [-0.4, -0.2) is 19.1 Å². The van der Waals surface area contributed by atoms with Gasteiger partial charge < -0.3 is 10.1 Å². The van der Waals surface area contributed by atoms with Crippen molar-refractivity contribution in [3.8, 4) is 0 Å². The zero-order valence-electron chi connectivity index (χ0n) is 13.4. The van der Waals surface area contributed by atoms with Crippen LogP contribution in [0.4, 0.5) is 0 Å². The molecule has 0 spiro atoms. The van der Waals surface area contributed by atoms with E-state index in [1.54, 1.807) is 6.08 Å². The second kappa shape index (κ2) is 7.77. The summed E-state index contributed by atoms with van der Waals surface area (Å²) < 4.78 is 6.52. The minimum Gasteiger partial charge on any atom is -0.381 e. The smallest absolute Gasteiger partial charge is 0.244 e. The molecule has 1 amide bonds. The Hall–Kier alpha value is -1.91. The Morgan fingerprint density at radius 3 is 2.54 bits per heavy atom. The number of rotatable bonds is 4. The molecule has 1 saturated heterocycles. The van der Waals surface area contributed by atoms with Crippen LogP contribution >= 0.6 is 15.9 Å². The molecule has 2 aromatic carbocycles. The molecule has 0 bridgehead atoms. The fraction of sp³-hybridized carbons (Fsp3) is 0.250. The lowest BCUT2D eigenvalue weighted by molar-refractivity contribution is -0.119. The van der Waals surface area contributed by atoms with Crippen LogP contribution in [0.3, 0.4) is 0 Å². The number of carbonyl (C=O) groups is 1. The first-order chi connectivity index (χ1) is 11.7. The van der Waals surface area contributed by atoms with Crippen LogP contribution in [-0.2, 0) is 15.1 Å². The quantitative estimate of drug-likeness (QED) is 0.797.